The van der Waals surface area contributed by atoms with E-state index >= 15 is 0 Å². The van der Waals surface area contributed by atoms with Crippen molar-refractivity contribution in [3.8, 4) is 0 Å². The van der Waals surface area contributed by atoms with E-state index in [-0.39, 0.29) is 0 Å². The van der Waals surface area contributed by atoms with Gasteiger partial charge in [-0.25, -0.2) is 0 Å². The van der Waals surface area contributed by atoms with E-state index in [4.69, 9.17) is 0 Å². The molecule has 1 aliphatic carbocycles. The van der Waals surface area contributed by atoms with Crippen molar-refractivity contribution < 1.29 is 0 Å². The first-order valence-corrected chi connectivity index (χ1v) is 5.63. The number of rotatable bonds is 3. The van der Waals surface area contributed by atoms with Gasteiger partial charge in [-0.2, -0.15) is 0 Å². The van der Waals surface area contributed by atoms with Crippen molar-refractivity contribution in [1.82, 2.24) is 15.5 Å². The van der Waals surface area contributed by atoms with Gasteiger partial charge in [0.2, 0.25) is 0 Å². The third kappa shape index (κ3) is 1.74. The fraction of sp³-hybridized carbons (Fsp3) is 0.778. The standard InChI is InChI=1S/C9H15N3S/c1-6(10-2)8-11-12-9(13-8)7-4-3-5-7/h6-7,10H,3-5H2,1-2H3. The minimum atomic E-state index is 0.339. The summed E-state index contributed by atoms with van der Waals surface area (Å²) >= 11 is 1.76. The Morgan fingerprint density at radius 1 is 1.46 bits per heavy atom. The molecule has 1 aliphatic rings. The van der Waals surface area contributed by atoms with Crippen LogP contribution in [0.4, 0.5) is 0 Å². The SMILES string of the molecule is CNC(C)c1nnc(C2CCC2)s1. The topological polar surface area (TPSA) is 37.8 Å². The van der Waals surface area contributed by atoms with Crippen LogP contribution in [-0.4, -0.2) is 17.2 Å². The lowest BCUT2D eigenvalue weighted by Gasteiger charge is -2.21. The summed E-state index contributed by atoms with van der Waals surface area (Å²) in [5.74, 6) is 0.718. The Kier molecular flexibility index (Phi) is 2.60. The van der Waals surface area contributed by atoms with Crippen LogP contribution in [0.5, 0.6) is 0 Å². The van der Waals surface area contributed by atoms with Crippen LogP contribution in [-0.2, 0) is 0 Å². The first kappa shape index (κ1) is 9.09. The van der Waals surface area contributed by atoms with Crippen molar-refractivity contribution in [2.24, 2.45) is 0 Å². The molecule has 1 aromatic rings. The third-order valence-electron chi connectivity index (χ3n) is 2.71. The average Bonchev–Trinajstić information content (AvgIpc) is 2.49. The molecule has 1 saturated carbocycles. The molecule has 1 fully saturated rings. The number of nitrogens with zero attached hydrogens (tertiary/aromatic N) is 2. The molecule has 0 saturated heterocycles. The lowest BCUT2D eigenvalue weighted by Crippen LogP contribution is -2.11. The predicted octanol–water partition coefficient (Wildman–Crippen LogP) is 2.09. The predicted molar refractivity (Wildman–Crippen MR) is 54.0 cm³/mol. The molecule has 0 aromatic carbocycles. The largest absolute Gasteiger partial charge is 0.311 e. The molecule has 4 heteroatoms. The molecule has 1 N–H and O–H groups in total. The molecule has 0 radical (unpaired) electrons. The van der Waals surface area contributed by atoms with Crippen LogP contribution in [0, 0.1) is 0 Å². The molecule has 0 spiro atoms. The van der Waals surface area contributed by atoms with Gasteiger partial charge in [-0.1, -0.05) is 17.8 Å². The summed E-state index contributed by atoms with van der Waals surface area (Å²) in [6.45, 7) is 2.12. The highest BCUT2D eigenvalue weighted by atomic mass is 32.1. The molecule has 13 heavy (non-hydrogen) atoms. The summed E-state index contributed by atoms with van der Waals surface area (Å²) in [4.78, 5) is 0. The molecule has 1 unspecified atom stereocenters. The summed E-state index contributed by atoms with van der Waals surface area (Å²) in [5.41, 5.74) is 0. The van der Waals surface area contributed by atoms with E-state index in [1.807, 2.05) is 7.05 Å². The minimum absolute atomic E-state index is 0.339. The monoisotopic (exact) mass is 197 g/mol. The van der Waals surface area contributed by atoms with Crippen LogP contribution < -0.4 is 5.32 Å². The van der Waals surface area contributed by atoms with Gasteiger partial charge in [0, 0.05) is 5.92 Å². The molecule has 0 aliphatic heterocycles. The van der Waals surface area contributed by atoms with E-state index < -0.39 is 0 Å². The van der Waals surface area contributed by atoms with Crippen molar-refractivity contribution in [2.75, 3.05) is 7.05 Å². The van der Waals surface area contributed by atoms with Crippen LogP contribution in [0.2, 0.25) is 0 Å². The zero-order valence-corrected chi connectivity index (χ0v) is 8.90. The fourth-order valence-corrected chi connectivity index (χ4v) is 2.44. The van der Waals surface area contributed by atoms with Gasteiger partial charge in [0.25, 0.3) is 0 Å². The Morgan fingerprint density at radius 2 is 2.23 bits per heavy atom. The van der Waals surface area contributed by atoms with E-state index in [1.54, 1.807) is 11.3 Å². The summed E-state index contributed by atoms with van der Waals surface area (Å²) < 4.78 is 0. The summed E-state index contributed by atoms with van der Waals surface area (Å²) in [5, 5.41) is 14.0. The summed E-state index contributed by atoms with van der Waals surface area (Å²) in [6.07, 6.45) is 3.98. The van der Waals surface area contributed by atoms with Gasteiger partial charge in [-0.15, -0.1) is 10.2 Å². The number of hydrogen-bond acceptors (Lipinski definition) is 4. The van der Waals surface area contributed by atoms with Gasteiger partial charge in [-0.05, 0) is 26.8 Å². The van der Waals surface area contributed by atoms with Crippen LogP contribution >= 0.6 is 11.3 Å². The van der Waals surface area contributed by atoms with Crippen molar-refractivity contribution >= 4 is 11.3 Å². The zero-order valence-electron chi connectivity index (χ0n) is 8.08. The van der Waals surface area contributed by atoms with E-state index in [1.165, 1.54) is 24.3 Å². The lowest BCUT2D eigenvalue weighted by molar-refractivity contribution is 0.416. The molecule has 1 aromatic heterocycles. The van der Waals surface area contributed by atoms with Crippen molar-refractivity contribution in [3.05, 3.63) is 10.0 Å². The molecule has 0 amide bonds. The van der Waals surface area contributed by atoms with Gasteiger partial charge >= 0.3 is 0 Å². The maximum atomic E-state index is 4.24. The quantitative estimate of drug-likeness (QED) is 0.806. The first-order chi connectivity index (χ1) is 6.31. The summed E-state index contributed by atoms with van der Waals surface area (Å²) in [7, 11) is 1.95. The molecule has 1 heterocycles. The van der Waals surface area contributed by atoms with Crippen molar-refractivity contribution in [1.29, 1.82) is 0 Å². The molecule has 0 bridgehead atoms. The Balaban J connectivity index is 2.08. The van der Waals surface area contributed by atoms with Crippen molar-refractivity contribution in [3.63, 3.8) is 0 Å². The maximum absolute atomic E-state index is 4.24. The van der Waals surface area contributed by atoms with Gasteiger partial charge in [0.05, 0.1) is 6.04 Å². The number of aromatic nitrogens is 2. The second-order valence-electron chi connectivity index (χ2n) is 3.62. The second kappa shape index (κ2) is 3.72. The van der Waals surface area contributed by atoms with Crippen LogP contribution in [0.15, 0.2) is 0 Å². The zero-order chi connectivity index (χ0) is 9.26. The van der Waals surface area contributed by atoms with Gasteiger partial charge < -0.3 is 5.32 Å². The third-order valence-corrected chi connectivity index (χ3v) is 3.98. The first-order valence-electron chi connectivity index (χ1n) is 4.82. The number of hydrogen-bond donors (Lipinski definition) is 1. The highest BCUT2D eigenvalue weighted by molar-refractivity contribution is 7.11. The Hall–Kier alpha value is -0.480. The minimum Gasteiger partial charge on any atom is -0.311 e. The Morgan fingerprint density at radius 3 is 2.77 bits per heavy atom. The Bertz CT molecular complexity index is 261. The van der Waals surface area contributed by atoms with Crippen LogP contribution in [0.1, 0.15) is 48.2 Å². The molecule has 72 valence electrons. The van der Waals surface area contributed by atoms with Crippen LogP contribution in [0.3, 0.4) is 0 Å². The number of nitrogens with one attached hydrogen (secondary N) is 1. The molecular formula is C9H15N3S. The summed E-state index contributed by atoms with van der Waals surface area (Å²) in [6, 6.07) is 0.339. The molecule has 2 rings (SSSR count). The van der Waals surface area contributed by atoms with E-state index in [2.05, 4.69) is 22.4 Å². The van der Waals surface area contributed by atoms with Gasteiger partial charge in [0.15, 0.2) is 0 Å². The highest BCUT2D eigenvalue weighted by Gasteiger charge is 2.24. The van der Waals surface area contributed by atoms with E-state index in [0.29, 0.717) is 6.04 Å². The lowest BCUT2D eigenvalue weighted by atomic mass is 9.86. The molecule has 3 nitrogen and oxygen atoms in total. The van der Waals surface area contributed by atoms with Gasteiger partial charge in [0.1, 0.15) is 10.0 Å². The average molecular weight is 197 g/mol. The normalized spacial score (nSPS) is 19.8. The van der Waals surface area contributed by atoms with Crippen molar-refractivity contribution in [2.45, 2.75) is 38.1 Å². The smallest absolute Gasteiger partial charge is 0.134 e. The van der Waals surface area contributed by atoms with E-state index in [9.17, 15) is 0 Å². The molecular weight excluding hydrogens is 182 g/mol. The Labute approximate surface area is 82.6 Å². The second-order valence-corrected chi connectivity index (χ2v) is 4.66. The fourth-order valence-electron chi connectivity index (χ4n) is 1.37. The van der Waals surface area contributed by atoms with E-state index in [0.717, 1.165) is 10.9 Å². The van der Waals surface area contributed by atoms with Gasteiger partial charge in [-0.3, -0.25) is 0 Å². The maximum Gasteiger partial charge on any atom is 0.134 e. The molecule has 1 atom stereocenters. The van der Waals surface area contributed by atoms with Crippen LogP contribution in [0.25, 0.3) is 0 Å². The highest BCUT2D eigenvalue weighted by Crippen LogP contribution is 2.38.